The number of nitrogens with zero attached hydrogens (tertiary/aromatic N) is 4. The Morgan fingerprint density at radius 3 is 2.64 bits per heavy atom. The van der Waals surface area contributed by atoms with E-state index in [0.29, 0.717) is 22.2 Å². The second-order valence-electron chi connectivity index (χ2n) is 5.11. The molecule has 6 heteroatoms. The molecule has 2 aromatic rings. The predicted octanol–water partition coefficient (Wildman–Crippen LogP) is 2.95. The lowest BCUT2D eigenvalue weighted by molar-refractivity contribution is 0.995. The molecule has 0 atom stereocenters. The van der Waals surface area contributed by atoms with Crippen LogP contribution in [0.5, 0.6) is 0 Å². The molecule has 4 rings (SSSR count). The molecule has 0 N–H and O–H groups in total. The van der Waals surface area contributed by atoms with E-state index in [0.717, 1.165) is 11.2 Å². The fourth-order valence-electron chi connectivity index (χ4n) is 2.53. The predicted molar refractivity (Wildman–Crippen MR) is 85.0 cm³/mol. The number of fused-ring (bicyclic) bond motifs is 3. The number of rotatable bonds is 1. The molecule has 0 bridgehead atoms. The number of hydrogen-bond donors (Lipinski definition) is 0. The number of benzene rings is 1. The Balaban J connectivity index is 2.05. The Labute approximate surface area is 130 Å². The molecule has 1 aromatic heterocycles. The minimum atomic E-state index is -0.333. The maximum absolute atomic E-state index is 12.3. The van der Waals surface area contributed by atoms with Gasteiger partial charge in [-0.2, -0.15) is 4.98 Å². The van der Waals surface area contributed by atoms with Crippen molar-refractivity contribution < 1.29 is 0 Å². The third-order valence-electron chi connectivity index (χ3n) is 3.57. The van der Waals surface area contributed by atoms with Gasteiger partial charge in [-0.05, 0) is 42.8 Å². The van der Waals surface area contributed by atoms with Crippen LogP contribution in [-0.2, 0) is 0 Å². The van der Waals surface area contributed by atoms with Gasteiger partial charge in [-0.1, -0.05) is 17.7 Å². The van der Waals surface area contributed by atoms with E-state index in [1.54, 1.807) is 30.5 Å². The Hall–Kier alpha value is -2.66. The minimum Gasteiger partial charge on any atom is -0.284 e. The highest BCUT2D eigenvalue weighted by molar-refractivity contribution is 6.30. The molecule has 3 heterocycles. The number of aromatic nitrogens is 4. The molecular formula is C16H11ClN4O. The van der Waals surface area contributed by atoms with E-state index in [1.807, 2.05) is 29.7 Å². The second kappa shape index (κ2) is 4.68. The molecule has 108 valence electrons. The van der Waals surface area contributed by atoms with Crippen LogP contribution < -0.4 is 5.69 Å². The molecule has 5 nitrogen and oxygen atoms in total. The van der Waals surface area contributed by atoms with E-state index >= 15 is 0 Å². The van der Waals surface area contributed by atoms with Crippen LogP contribution >= 0.6 is 11.6 Å². The average Bonchev–Trinajstić information content (AvgIpc) is 2.85. The summed E-state index contributed by atoms with van der Waals surface area (Å²) < 4.78 is 3.37. The van der Waals surface area contributed by atoms with Crippen LogP contribution in [0.3, 0.4) is 0 Å². The smallest absolute Gasteiger partial charge is 0.284 e. The van der Waals surface area contributed by atoms with Gasteiger partial charge in [0, 0.05) is 11.2 Å². The number of aryl methyl sites for hydroxylation is 1. The first kappa shape index (κ1) is 13.0. The lowest BCUT2D eigenvalue weighted by Crippen LogP contribution is -2.14. The number of pyridine rings is 1. The van der Waals surface area contributed by atoms with Gasteiger partial charge >= 0.3 is 5.69 Å². The number of imidazole rings is 1. The van der Waals surface area contributed by atoms with Crippen LogP contribution in [0.25, 0.3) is 22.9 Å². The fourth-order valence-corrected chi connectivity index (χ4v) is 2.66. The highest BCUT2D eigenvalue weighted by atomic mass is 35.5. The molecule has 22 heavy (non-hydrogen) atoms. The van der Waals surface area contributed by atoms with Crippen LogP contribution in [0.2, 0.25) is 5.02 Å². The maximum Gasteiger partial charge on any atom is 0.354 e. The van der Waals surface area contributed by atoms with Crippen LogP contribution in [-0.4, -0.2) is 18.9 Å². The van der Waals surface area contributed by atoms with Gasteiger partial charge in [0.15, 0.2) is 5.82 Å². The number of halogens is 1. The zero-order valence-corrected chi connectivity index (χ0v) is 12.4. The largest absolute Gasteiger partial charge is 0.354 e. The molecule has 0 radical (unpaired) electrons. The van der Waals surface area contributed by atoms with Crippen molar-refractivity contribution in [2.24, 2.45) is 0 Å². The third-order valence-corrected chi connectivity index (χ3v) is 3.82. The summed E-state index contributed by atoms with van der Waals surface area (Å²) >= 11 is 5.91. The van der Waals surface area contributed by atoms with Gasteiger partial charge in [0.25, 0.3) is 0 Å². The lowest BCUT2D eigenvalue weighted by Gasteiger charge is -2.09. The topological polar surface area (TPSA) is 52.2 Å². The van der Waals surface area contributed by atoms with Gasteiger partial charge in [-0.15, -0.1) is 0 Å². The van der Waals surface area contributed by atoms with Gasteiger partial charge in [-0.3, -0.25) is 8.97 Å². The van der Waals surface area contributed by atoms with Gasteiger partial charge in [-0.25, -0.2) is 9.78 Å². The second-order valence-corrected chi connectivity index (χ2v) is 5.54. The highest BCUT2D eigenvalue weighted by Gasteiger charge is 2.19. The molecular weight excluding hydrogens is 300 g/mol. The Kier molecular flexibility index (Phi) is 2.77. The van der Waals surface area contributed by atoms with E-state index in [2.05, 4.69) is 9.97 Å². The fraction of sp³-hybridized carbons (Fsp3) is 0.0625. The molecule has 0 spiro atoms. The van der Waals surface area contributed by atoms with Crippen molar-refractivity contribution in [2.45, 2.75) is 6.92 Å². The summed E-state index contributed by atoms with van der Waals surface area (Å²) in [5.41, 5.74) is 2.86. The molecule has 0 saturated heterocycles. The summed E-state index contributed by atoms with van der Waals surface area (Å²) in [7, 11) is 0. The first-order valence-electron chi connectivity index (χ1n) is 6.76. The Bertz CT molecular complexity index is 1020. The monoisotopic (exact) mass is 310 g/mol. The van der Waals surface area contributed by atoms with Gasteiger partial charge in [0.05, 0.1) is 11.9 Å². The molecule has 0 aliphatic carbocycles. The summed E-state index contributed by atoms with van der Waals surface area (Å²) in [6, 6.07) is 10.9. The SMILES string of the molecule is Cc1ccc2ncc3n(-c4ccc(Cl)cc4)c(=O)nc-3n2c1. The van der Waals surface area contributed by atoms with Crippen LogP contribution in [0.15, 0.2) is 53.6 Å². The van der Waals surface area contributed by atoms with E-state index in [-0.39, 0.29) is 5.69 Å². The summed E-state index contributed by atoms with van der Waals surface area (Å²) in [5, 5.41) is 0.620. The minimum absolute atomic E-state index is 0.333. The zero-order valence-electron chi connectivity index (χ0n) is 11.7. The average molecular weight is 311 g/mol. The van der Waals surface area contributed by atoms with E-state index in [4.69, 9.17) is 11.6 Å². The zero-order chi connectivity index (χ0) is 15.3. The van der Waals surface area contributed by atoms with Crippen molar-refractivity contribution in [2.75, 3.05) is 0 Å². The van der Waals surface area contributed by atoms with E-state index in [1.165, 1.54) is 4.57 Å². The van der Waals surface area contributed by atoms with Crippen LogP contribution in [0, 0.1) is 6.92 Å². The number of hydrogen-bond acceptors (Lipinski definition) is 3. The third kappa shape index (κ3) is 1.90. The normalized spacial score (nSPS) is 11.4. The molecule has 0 fully saturated rings. The van der Waals surface area contributed by atoms with Crippen LogP contribution in [0.1, 0.15) is 5.56 Å². The summed E-state index contributed by atoms with van der Waals surface area (Å²) in [5.74, 6) is 0.591. The van der Waals surface area contributed by atoms with Crippen LogP contribution in [0.4, 0.5) is 0 Å². The van der Waals surface area contributed by atoms with Crippen molar-refractivity contribution in [3.8, 4) is 17.2 Å². The van der Waals surface area contributed by atoms with Crippen molar-refractivity contribution in [3.05, 3.63) is 69.9 Å². The quantitative estimate of drug-likeness (QED) is 0.543. The van der Waals surface area contributed by atoms with Crippen molar-refractivity contribution in [1.82, 2.24) is 18.9 Å². The molecule has 1 aromatic carbocycles. The van der Waals surface area contributed by atoms with E-state index in [9.17, 15) is 4.79 Å². The first-order chi connectivity index (χ1) is 10.6. The lowest BCUT2D eigenvalue weighted by atomic mass is 10.3. The van der Waals surface area contributed by atoms with Crippen molar-refractivity contribution in [1.29, 1.82) is 0 Å². The summed E-state index contributed by atoms with van der Waals surface area (Å²) in [4.78, 5) is 20.9. The van der Waals surface area contributed by atoms with Gasteiger partial charge in [0.1, 0.15) is 11.3 Å². The van der Waals surface area contributed by atoms with Gasteiger partial charge in [0.2, 0.25) is 0 Å². The molecule has 2 aliphatic rings. The van der Waals surface area contributed by atoms with Crippen molar-refractivity contribution >= 4 is 17.2 Å². The molecule has 0 unspecified atom stereocenters. The molecule has 0 amide bonds. The first-order valence-corrected chi connectivity index (χ1v) is 7.14. The Morgan fingerprint density at radius 2 is 1.86 bits per heavy atom. The standard InChI is InChI=1S/C16H11ClN4O/c1-10-2-7-14-18-8-13-15(20(14)9-10)19-16(22)21(13)12-5-3-11(17)4-6-12/h2-9H,1H3. The van der Waals surface area contributed by atoms with E-state index < -0.39 is 0 Å². The molecule has 2 aliphatic heterocycles. The van der Waals surface area contributed by atoms with Crippen molar-refractivity contribution in [3.63, 3.8) is 0 Å². The summed E-state index contributed by atoms with van der Waals surface area (Å²) in [6.07, 6.45) is 3.59. The highest BCUT2D eigenvalue weighted by Crippen LogP contribution is 2.23. The molecule has 0 saturated carbocycles. The van der Waals surface area contributed by atoms with Gasteiger partial charge < -0.3 is 0 Å². The summed E-state index contributed by atoms with van der Waals surface area (Å²) in [6.45, 7) is 1.99. The Morgan fingerprint density at radius 1 is 1.09 bits per heavy atom. The maximum atomic E-state index is 12.3.